The molecule has 1 aromatic heterocycles. The first-order valence-electron chi connectivity index (χ1n) is 4.54. The fourth-order valence-corrected chi connectivity index (χ4v) is 1.33. The second-order valence-corrected chi connectivity index (χ2v) is 3.33. The van der Waals surface area contributed by atoms with Gasteiger partial charge in [-0.1, -0.05) is 11.6 Å². The highest BCUT2D eigenvalue weighted by molar-refractivity contribution is 5.59. The zero-order chi connectivity index (χ0) is 11.7. The van der Waals surface area contributed by atoms with Crippen LogP contribution in [0.1, 0.15) is 11.3 Å². The maximum atomic E-state index is 13.5. The topological polar surface area (TPSA) is 75.8 Å². The standard InChI is InChI=1S/C11H8FN3O/c1-6-2-3-8(12)7(4-6)11-15-9(5-13)10(14)16-11/h2-4H,14H2,1H3. The van der Waals surface area contributed by atoms with Crippen molar-refractivity contribution < 1.29 is 8.81 Å². The molecule has 0 saturated heterocycles. The predicted octanol–water partition coefficient (Wildman–Crippen LogP) is 2.24. The van der Waals surface area contributed by atoms with Crippen LogP contribution in [-0.2, 0) is 0 Å². The number of hydrogen-bond acceptors (Lipinski definition) is 4. The van der Waals surface area contributed by atoms with Crippen LogP contribution in [0.4, 0.5) is 10.3 Å². The van der Waals surface area contributed by atoms with Crippen LogP contribution >= 0.6 is 0 Å². The molecule has 0 spiro atoms. The molecule has 1 heterocycles. The van der Waals surface area contributed by atoms with Gasteiger partial charge in [-0.25, -0.2) is 4.39 Å². The summed E-state index contributed by atoms with van der Waals surface area (Å²) in [6.07, 6.45) is 0. The fraction of sp³-hybridized carbons (Fsp3) is 0.0909. The number of rotatable bonds is 1. The van der Waals surface area contributed by atoms with Gasteiger partial charge >= 0.3 is 0 Å². The summed E-state index contributed by atoms with van der Waals surface area (Å²) >= 11 is 0. The number of benzene rings is 1. The van der Waals surface area contributed by atoms with Crippen LogP contribution in [0, 0.1) is 24.1 Å². The van der Waals surface area contributed by atoms with Gasteiger partial charge in [0.25, 0.3) is 0 Å². The van der Waals surface area contributed by atoms with Crippen molar-refractivity contribution in [3.05, 3.63) is 35.3 Å². The van der Waals surface area contributed by atoms with Crippen molar-refractivity contribution >= 4 is 5.88 Å². The summed E-state index contributed by atoms with van der Waals surface area (Å²) in [6, 6.07) is 6.30. The summed E-state index contributed by atoms with van der Waals surface area (Å²) in [6.45, 7) is 1.82. The average Bonchev–Trinajstić information content (AvgIpc) is 2.63. The van der Waals surface area contributed by atoms with E-state index in [0.29, 0.717) is 0 Å². The van der Waals surface area contributed by atoms with Crippen LogP contribution in [-0.4, -0.2) is 4.98 Å². The van der Waals surface area contributed by atoms with Crippen molar-refractivity contribution in [1.29, 1.82) is 5.26 Å². The number of nitrogens with zero attached hydrogens (tertiary/aromatic N) is 2. The van der Waals surface area contributed by atoms with Crippen molar-refractivity contribution in [3.8, 4) is 17.5 Å². The molecule has 2 N–H and O–H groups in total. The van der Waals surface area contributed by atoms with Crippen molar-refractivity contribution in [2.45, 2.75) is 6.92 Å². The Morgan fingerprint density at radius 2 is 2.25 bits per heavy atom. The minimum Gasteiger partial charge on any atom is -0.419 e. The van der Waals surface area contributed by atoms with E-state index in [-0.39, 0.29) is 23.0 Å². The molecule has 0 aliphatic heterocycles. The van der Waals surface area contributed by atoms with Gasteiger partial charge in [-0.05, 0) is 19.1 Å². The zero-order valence-electron chi connectivity index (χ0n) is 8.49. The van der Waals surface area contributed by atoms with Gasteiger partial charge in [0, 0.05) is 0 Å². The lowest BCUT2D eigenvalue weighted by Gasteiger charge is -1.99. The van der Waals surface area contributed by atoms with E-state index >= 15 is 0 Å². The predicted molar refractivity (Wildman–Crippen MR) is 55.8 cm³/mol. The molecule has 5 heteroatoms. The molecule has 0 aliphatic carbocycles. The maximum absolute atomic E-state index is 13.5. The summed E-state index contributed by atoms with van der Waals surface area (Å²) in [5, 5.41) is 8.66. The number of aryl methyl sites for hydroxylation is 1. The van der Waals surface area contributed by atoms with Crippen molar-refractivity contribution in [2.24, 2.45) is 0 Å². The maximum Gasteiger partial charge on any atom is 0.233 e. The fourth-order valence-electron chi connectivity index (χ4n) is 1.33. The molecule has 2 rings (SSSR count). The number of nitrogens with two attached hydrogens (primary N) is 1. The number of anilines is 1. The molecular formula is C11H8FN3O. The summed E-state index contributed by atoms with van der Waals surface area (Å²) in [5.74, 6) is -0.537. The molecule has 1 aromatic carbocycles. The molecule has 4 nitrogen and oxygen atoms in total. The third-order valence-corrected chi connectivity index (χ3v) is 2.11. The van der Waals surface area contributed by atoms with Crippen molar-refractivity contribution in [3.63, 3.8) is 0 Å². The summed E-state index contributed by atoms with van der Waals surface area (Å²) in [5.41, 5.74) is 6.44. The molecule has 0 fully saturated rings. The van der Waals surface area contributed by atoms with Crippen LogP contribution in [0.5, 0.6) is 0 Å². The highest BCUT2D eigenvalue weighted by Gasteiger charge is 2.15. The van der Waals surface area contributed by atoms with E-state index in [2.05, 4.69) is 4.98 Å². The highest BCUT2D eigenvalue weighted by atomic mass is 19.1. The molecule has 0 bridgehead atoms. The van der Waals surface area contributed by atoms with E-state index in [1.807, 2.05) is 6.92 Å². The van der Waals surface area contributed by atoms with Crippen LogP contribution in [0.15, 0.2) is 22.6 Å². The van der Waals surface area contributed by atoms with Gasteiger partial charge in [0.2, 0.25) is 17.5 Å². The van der Waals surface area contributed by atoms with Gasteiger partial charge in [0.05, 0.1) is 5.56 Å². The molecule has 16 heavy (non-hydrogen) atoms. The van der Waals surface area contributed by atoms with Crippen molar-refractivity contribution in [1.82, 2.24) is 4.98 Å². The van der Waals surface area contributed by atoms with Gasteiger partial charge in [-0.3, -0.25) is 0 Å². The molecule has 0 atom stereocenters. The Hall–Kier alpha value is -2.35. The van der Waals surface area contributed by atoms with Crippen LogP contribution in [0.3, 0.4) is 0 Å². The summed E-state index contributed by atoms with van der Waals surface area (Å²) in [7, 11) is 0. The van der Waals surface area contributed by atoms with Gasteiger partial charge in [0.15, 0.2) is 0 Å². The number of aromatic nitrogens is 1. The molecule has 2 aromatic rings. The smallest absolute Gasteiger partial charge is 0.233 e. The summed E-state index contributed by atoms with van der Waals surface area (Å²) < 4.78 is 18.5. The molecule has 0 unspecified atom stereocenters. The minimum atomic E-state index is -0.462. The molecule has 0 amide bonds. The Labute approximate surface area is 91.1 Å². The third-order valence-electron chi connectivity index (χ3n) is 2.11. The Morgan fingerprint density at radius 3 is 2.88 bits per heavy atom. The van der Waals surface area contributed by atoms with Crippen LogP contribution in [0.2, 0.25) is 0 Å². The van der Waals surface area contributed by atoms with Crippen molar-refractivity contribution in [2.75, 3.05) is 5.73 Å². The first-order valence-corrected chi connectivity index (χ1v) is 4.54. The third kappa shape index (κ3) is 1.61. The van der Waals surface area contributed by atoms with Crippen LogP contribution < -0.4 is 5.73 Å². The highest BCUT2D eigenvalue weighted by Crippen LogP contribution is 2.26. The van der Waals surface area contributed by atoms with Gasteiger partial charge < -0.3 is 10.2 Å². The number of halogens is 1. The van der Waals surface area contributed by atoms with E-state index in [9.17, 15) is 4.39 Å². The average molecular weight is 217 g/mol. The van der Waals surface area contributed by atoms with E-state index in [1.165, 1.54) is 6.07 Å². The molecular weight excluding hydrogens is 209 g/mol. The Balaban J connectivity index is 2.59. The molecule has 0 radical (unpaired) electrons. The first kappa shape index (κ1) is 10.2. The number of nitrogen functional groups attached to an aromatic ring is 1. The lowest BCUT2D eigenvalue weighted by molar-refractivity contribution is 0.577. The lowest BCUT2D eigenvalue weighted by Crippen LogP contribution is -1.86. The SMILES string of the molecule is Cc1ccc(F)c(-c2nc(C#N)c(N)o2)c1. The number of oxazole rings is 1. The second-order valence-electron chi connectivity index (χ2n) is 3.33. The largest absolute Gasteiger partial charge is 0.419 e. The monoisotopic (exact) mass is 217 g/mol. The summed E-state index contributed by atoms with van der Waals surface area (Å²) in [4.78, 5) is 3.81. The Morgan fingerprint density at radius 1 is 1.50 bits per heavy atom. The van der Waals surface area contributed by atoms with Gasteiger partial charge in [0.1, 0.15) is 11.9 Å². The van der Waals surface area contributed by atoms with E-state index in [0.717, 1.165) is 5.56 Å². The minimum absolute atomic E-state index is 0.0234. The number of hydrogen-bond donors (Lipinski definition) is 1. The lowest BCUT2D eigenvalue weighted by atomic mass is 10.1. The quantitative estimate of drug-likeness (QED) is 0.794. The van der Waals surface area contributed by atoms with Gasteiger partial charge in [-0.2, -0.15) is 10.2 Å². The normalized spacial score (nSPS) is 10.1. The second kappa shape index (κ2) is 3.66. The molecule has 80 valence electrons. The Bertz CT molecular complexity index is 583. The van der Waals surface area contributed by atoms with E-state index < -0.39 is 5.82 Å². The van der Waals surface area contributed by atoms with Gasteiger partial charge in [-0.15, -0.1) is 0 Å². The van der Waals surface area contributed by atoms with Crippen LogP contribution in [0.25, 0.3) is 11.5 Å². The zero-order valence-corrected chi connectivity index (χ0v) is 8.49. The van der Waals surface area contributed by atoms with E-state index in [4.69, 9.17) is 15.4 Å². The Kier molecular flexibility index (Phi) is 2.33. The molecule has 0 saturated carbocycles. The molecule has 0 aliphatic rings. The first-order chi connectivity index (χ1) is 7.61. The number of nitriles is 1. The van der Waals surface area contributed by atoms with E-state index in [1.54, 1.807) is 18.2 Å².